The van der Waals surface area contributed by atoms with E-state index in [1.807, 2.05) is 10.5 Å². The minimum absolute atomic E-state index is 0.0604. The van der Waals surface area contributed by atoms with Crippen molar-refractivity contribution in [1.82, 2.24) is 9.78 Å². The molecule has 0 saturated heterocycles. The first-order chi connectivity index (χ1) is 12.3. The van der Waals surface area contributed by atoms with Crippen LogP contribution < -0.4 is 0 Å². The third-order valence-corrected chi connectivity index (χ3v) is 3.91. The summed E-state index contributed by atoms with van der Waals surface area (Å²) in [6.45, 7) is 5.16. The summed E-state index contributed by atoms with van der Waals surface area (Å²) < 4.78 is 4.11. The number of rotatable bonds is 9. The Kier molecular flexibility index (Phi) is 9.57. The molecule has 0 amide bonds. The molecular weight excluding hydrogens is 539 g/mol. The summed E-state index contributed by atoms with van der Waals surface area (Å²) in [5.74, 6) is -1.34. The Bertz CT molecular complexity index is 845. The fourth-order valence-electron chi connectivity index (χ4n) is 2.07. The van der Waals surface area contributed by atoms with Crippen LogP contribution in [0, 0.1) is 19.2 Å². The van der Waals surface area contributed by atoms with Crippen molar-refractivity contribution in [3.63, 3.8) is 0 Å². The number of aryl methyl sites for hydroxylation is 1. The molecule has 0 aromatic carbocycles. The van der Waals surface area contributed by atoms with Crippen molar-refractivity contribution in [2.24, 2.45) is 0 Å². The zero-order chi connectivity index (χ0) is 19.7. The van der Waals surface area contributed by atoms with E-state index < -0.39 is 5.97 Å². The molecule has 0 aliphatic carbocycles. The summed E-state index contributed by atoms with van der Waals surface area (Å²) in [5.41, 5.74) is 1.43. The van der Waals surface area contributed by atoms with Gasteiger partial charge in [0.25, 0.3) is 0 Å². The molecule has 0 saturated carbocycles. The van der Waals surface area contributed by atoms with Crippen LogP contribution >= 0.6 is 0 Å². The molecule has 0 unspecified atom stereocenters. The number of carboxylic acids is 1. The Morgan fingerprint density at radius 2 is 2.12 bits per heavy atom. The standard InChI is InChI=1S/C19H18N2O3.V.W/c1-5-8-9-11-21-17(12-14(4)20-21)18(22)13-15(7-3)16(10-6-2)19(23)24;;/h1,5,8-10,12H,13H2,2-4H3,(H,23,24);;/q-2;;/b8-5-,16-10+;;. The molecule has 0 bridgehead atoms. The zero-order valence-electron chi connectivity index (χ0n) is 14.7. The van der Waals surface area contributed by atoms with Gasteiger partial charge in [-0.05, 0) is 0 Å². The summed E-state index contributed by atoms with van der Waals surface area (Å²) in [5, 5.41) is 13.7. The molecule has 135 valence electrons. The topological polar surface area (TPSA) is 72.2 Å². The first-order valence-electron chi connectivity index (χ1n) is 7.61. The number of hydrogen-bond acceptors (Lipinski definition) is 3. The summed E-state index contributed by atoms with van der Waals surface area (Å²) >= 11 is 3.62. The third kappa shape index (κ3) is 6.91. The van der Waals surface area contributed by atoms with Crippen LogP contribution in [0.1, 0.15) is 36.5 Å². The van der Waals surface area contributed by atoms with Gasteiger partial charge < -0.3 is 0 Å². The van der Waals surface area contributed by atoms with E-state index in [9.17, 15) is 14.7 Å². The second-order valence-electron chi connectivity index (χ2n) is 5.23. The van der Waals surface area contributed by atoms with Crippen molar-refractivity contribution in [3.8, 4) is 0 Å². The predicted octanol–water partition coefficient (Wildman–Crippen LogP) is 2.33. The number of Topliss-reactive ketones (excluding diaryl/α,β-unsaturated/α-hetero) is 1. The fraction of sp³-hybridized carbons (Fsp3) is 0.211. The van der Waals surface area contributed by atoms with Gasteiger partial charge in [0.1, 0.15) is 0 Å². The number of carbonyl (C=O) groups is 2. The maximum atomic E-state index is 12.7. The second-order valence-corrected chi connectivity index (χ2v) is 7.31. The summed E-state index contributed by atoms with van der Waals surface area (Å²) in [6, 6.07) is 1.66. The number of allylic oxidation sites excluding steroid dienone is 5. The van der Waals surface area contributed by atoms with E-state index in [1.54, 1.807) is 39.0 Å². The molecule has 1 aromatic heterocycles. The molecule has 5 nitrogen and oxygen atoms in total. The van der Waals surface area contributed by atoms with Gasteiger partial charge in [-0.15, -0.1) is 0 Å². The first kappa shape index (κ1) is 22.4. The number of aliphatic carboxylic acids is 1. The van der Waals surface area contributed by atoms with Gasteiger partial charge in [0, 0.05) is 0 Å². The van der Waals surface area contributed by atoms with E-state index >= 15 is 0 Å². The van der Waals surface area contributed by atoms with E-state index in [1.165, 1.54) is 30.1 Å². The van der Waals surface area contributed by atoms with Gasteiger partial charge in [-0.2, -0.15) is 0 Å². The first-order valence-corrected chi connectivity index (χ1v) is 10.0. The van der Waals surface area contributed by atoms with Crippen molar-refractivity contribution >= 4 is 20.4 Å². The number of ketones is 1. The molecule has 0 spiro atoms. The average Bonchev–Trinajstić information content (AvgIpc) is 2.95. The van der Waals surface area contributed by atoms with Gasteiger partial charge in [-0.25, -0.2) is 0 Å². The Morgan fingerprint density at radius 3 is 2.65 bits per heavy atom. The van der Waals surface area contributed by atoms with Crippen LogP contribution in [0.5, 0.6) is 0 Å². The van der Waals surface area contributed by atoms with Crippen LogP contribution in [-0.2, 0) is 41.1 Å². The zero-order valence-corrected chi connectivity index (χ0v) is 19.0. The molecule has 0 aliphatic rings. The number of hydrogen-bond donors (Lipinski definition) is 1. The molecule has 0 fully saturated rings. The van der Waals surface area contributed by atoms with E-state index in [2.05, 4.69) is 34.4 Å². The Morgan fingerprint density at radius 1 is 1.42 bits per heavy atom. The number of nitrogens with zero attached hydrogens (tertiary/aromatic N) is 2. The molecule has 26 heavy (non-hydrogen) atoms. The third-order valence-electron chi connectivity index (χ3n) is 3.15. The van der Waals surface area contributed by atoms with Crippen LogP contribution in [0.3, 0.4) is 0 Å². The van der Waals surface area contributed by atoms with Gasteiger partial charge in [0.15, 0.2) is 0 Å². The monoisotopic (exact) mass is 557 g/mol. The molecule has 0 radical (unpaired) electrons. The van der Waals surface area contributed by atoms with Crippen LogP contribution in [-0.4, -0.2) is 35.3 Å². The van der Waals surface area contributed by atoms with Gasteiger partial charge in [0.05, 0.1) is 0 Å². The molecule has 1 heterocycles. The van der Waals surface area contributed by atoms with Gasteiger partial charge >= 0.3 is 174 Å². The van der Waals surface area contributed by atoms with Gasteiger partial charge in [-0.1, -0.05) is 0 Å². The van der Waals surface area contributed by atoms with Crippen LogP contribution in [0.25, 0.3) is 0 Å². The Hall–Kier alpha value is -1.68. The Balaban J connectivity index is 3.15. The van der Waals surface area contributed by atoms with E-state index in [4.69, 9.17) is 0 Å². The quantitative estimate of drug-likeness (QED) is 0.219. The van der Waals surface area contributed by atoms with Crippen molar-refractivity contribution in [1.29, 1.82) is 0 Å². The van der Waals surface area contributed by atoms with Crippen LogP contribution in [0.4, 0.5) is 0 Å². The normalized spacial score (nSPS) is 12.7. The molecular formula is C19H18N2O3VW-2. The summed E-state index contributed by atoms with van der Waals surface area (Å²) in [6.07, 6.45) is 12.5. The minimum atomic E-state index is -1.09. The van der Waals surface area contributed by atoms with Crippen molar-refractivity contribution < 1.29 is 51.0 Å². The maximum absolute atomic E-state index is 12.7. The SMILES string of the molecule is C[C-]=C(CC(=O)c1cc(C)nn1[C-]=C/C=C\[CH]=[W])/C(=C\[C](C)=[V])C(=O)O. The fourth-order valence-corrected chi connectivity index (χ4v) is 2.59. The number of carbonyl (C=O) groups excluding carboxylic acids is 1. The van der Waals surface area contributed by atoms with Gasteiger partial charge in [-0.3, -0.25) is 0 Å². The molecule has 0 aliphatic heterocycles. The Labute approximate surface area is 173 Å². The predicted molar refractivity (Wildman–Crippen MR) is 93.2 cm³/mol. The molecule has 0 atom stereocenters. The number of carboxylic acid groups (broad SMARTS) is 1. The molecule has 7 heteroatoms. The summed E-state index contributed by atoms with van der Waals surface area (Å²) in [4.78, 5) is 24.2. The second kappa shape index (κ2) is 11.1. The van der Waals surface area contributed by atoms with E-state index in [0.29, 0.717) is 17.0 Å². The van der Waals surface area contributed by atoms with Crippen LogP contribution in [0.15, 0.2) is 41.5 Å². The average molecular weight is 557 g/mol. The molecule has 1 N–H and O–H groups in total. The van der Waals surface area contributed by atoms with Crippen molar-refractivity contribution in [2.45, 2.75) is 27.2 Å². The summed E-state index contributed by atoms with van der Waals surface area (Å²) in [7, 11) is 0. The number of aromatic nitrogens is 2. The van der Waals surface area contributed by atoms with Crippen LogP contribution in [0.2, 0.25) is 0 Å². The van der Waals surface area contributed by atoms with Crippen molar-refractivity contribution in [2.75, 3.05) is 0 Å². The van der Waals surface area contributed by atoms with Gasteiger partial charge in [0.2, 0.25) is 0 Å². The molecule has 1 rings (SSSR count). The van der Waals surface area contributed by atoms with E-state index in [0.717, 1.165) is 4.23 Å². The van der Waals surface area contributed by atoms with Crippen molar-refractivity contribution in [3.05, 3.63) is 65.2 Å². The van der Waals surface area contributed by atoms with E-state index in [-0.39, 0.29) is 17.8 Å². The molecule has 1 aromatic rings.